The Morgan fingerprint density at radius 1 is 0.875 bits per heavy atom. The van der Waals surface area contributed by atoms with Crippen molar-refractivity contribution in [1.29, 1.82) is 5.26 Å². The van der Waals surface area contributed by atoms with Crippen molar-refractivity contribution in [3.05, 3.63) is 71.0 Å². The van der Waals surface area contributed by atoms with Crippen LogP contribution in [0.5, 0.6) is 0 Å². The second-order valence-corrected chi connectivity index (χ2v) is 8.87. The largest absolute Gasteiger partial charge is 0.340 e. The van der Waals surface area contributed by atoms with Crippen LogP contribution in [0.15, 0.2) is 48.5 Å². The van der Waals surface area contributed by atoms with Crippen molar-refractivity contribution < 1.29 is 9.18 Å². The molecule has 6 heteroatoms. The van der Waals surface area contributed by atoms with Gasteiger partial charge in [-0.2, -0.15) is 5.26 Å². The smallest absolute Gasteiger partial charge is 0.239 e. The summed E-state index contributed by atoms with van der Waals surface area (Å²) in [5, 5.41) is 8.97. The molecule has 0 N–H and O–H groups in total. The fraction of sp³-hybridized carbons (Fsp3) is 0.462. The van der Waals surface area contributed by atoms with Crippen LogP contribution < -0.4 is 0 Å². The van der Waals surface area contributed by atoms with Crippen LogP contribution in [0, 0.1) is 17.1 Å². The zero-order chi connectivity index (χ0) is 22.3. The minimum atomic E-state index is -0.227. The van der Waals surface area contributed by atoms with Crippen molar-refractivity contribution in [2.24, 2.45) is 0 Å². The van der Waals surface area contributed by atoms with Crippen molar-refractivity contribution in [2.75, 3.05) is 32.7 Å². The Balaban J connectivity index is 1.35. The standard InChI is InChI=1S/C26H31FN4O/c27-24-11-9-23(10-12-24)20-31-14-2-1-4-25(31)26(32)30-15-3-13-29(16-17-30)19-22-7-5-21(18-28)6-8-22/h5-12,25H,1-4,13-17,19-20H2. The number of carbonyl (C=O) groups is 1. The fourth-order valence-electron chi connectivity index (χ4n) is 4.79. The Morgan fingerprint density at radius 3 is 2.34 bits per heavy atom. The molecule has 5 nitrogen and oxygen atoms in total. The molecule has 0 saturated carbocycles. The zero-order valence-corrected chi connectivity index (χ0v) is 18.5. The highest BCUT2D eigenvalue weighted by molar-refractivity contribution is 5.82. The molecule has 2 saturated heterocycles. The number of piperidine rings is 1. The van der Waals surface area contributed by atoms with Gasteiger partial charge in [0, 0.05) is 39.3 Å². The van der Waals surface area contributed by atoms with E-state index in [1.54, 1.807) is 0 Å². The Kier molecular flexibility index (Phi) is 7.51. The number of nitriles is 1. The molecule has 168 valence electrons. The Hall–Kier alpha value is -2.75. The monoisotopic (exact) mass is 434 g/mol. The van der Waals surface area contributed by atoms with Crippen molar-refractivity contribution in [2.45, 2.75) is 44.8 Å². The summed E-state index contributed by atoms with van der Waals surface area (Å²) < 4.78 is 13.3. The lowest BCUT2D eigenvalue weighted by molar-refractivity contribution is -0.138. The van der Waals surface area contributed by atoms with E-state index in [-0.39, 0.29) is 17.8 Å². The summed E-state index contributed by atoms with van der Waals surface area (Å²) in [6.45, 7) is 5.80. The Labute approximate surface area is 190 Å². The van der Waals surface area contributed by atoms with Gasteiger partial charge in [-0.1, -0.05) is 30.7 Å². The van der Waals surface area contributed by atoms with Crippen LogP contribution in [0.4, 0.5) is 4.39 Å². The van der Waals surface area contributed by atoms with Crippen molar-refractivity contribution in [3.63, 3.8) is 0 Å². The number of likely N-dealkylation sites (tertiary alicyclic amines) is 1. The SMILES string of the molecule is N#Cc1ccc(CN2CCCN(C(=O)C3CCCCN3Cc3ccc(F)cc3)CC2)cc1. The predicted octanol–water partition coefficient (Wildman–Crippen LogP) is 3.79. The van der Waals surface area contributed by atoms with Gasteiger partial charge in [0.05, 0.1) is 17.7 Å². The molecular formula is C26H31FN4O. The number of nitrogens with zero attached hydrogens (tertiary/aromatic N) is 4. The molecule has 32 heavy (non-hydrogen) atoms. The molecule has 2 aromatic rings. The van der Waals surface area contributed by atoms with Gasteiger partial charge in [0.25, 0.3) is 0 Å². The van der Waals surface area contributed by atoms with Gasteiger partial charge in [-0.25, -0.2) is 4.39 Å². The van der Waals surface area contributed by atoms with E-state index in [4.69, 9.17) is 5.26 Å². The van der Waals surface area contributed by atoms with Crippen LogP contribution in [-0.2, 0) is 17.9 Å². The quantitative estimate of drug-likeness (QED) is 0.719. The lowest BCUT2D eigenvalue weighted by Crippen LogP contribution is -2.51. The van der Waals surface area contributed by atoms with E-state index in [0.29, 0.717) is 12.1 Å². The van der Waals surface area contributed by atoms with E-state index >= 15 is 0 Å². The summed E-state index contributed by atoms with van der Waals surface area (Å²) in [4.78, 5) is 20.2. The van der Waals surface area contributed by atoms with Gasteiger partial charge >= 0.3 is 0 Å². The zero-order valence-electron chi connectivity index (χ0n) is 18.5. The van der Waals surface area contributed by atoms with E-state index < -0.39 is 0 Å². The lowest BCUT2D eigenvalue weighted by atomic mass is 9.99. The topological polar surface area (TPSA) is 50.6 Å². The minimum absolute atomic E-state index is 0.0844. The number of benzene rings is 2. The molecule has 0 aliphatic carbocycles. The first-order valence-electron chi connectivity index (χ1n) is 11.6. The molecule has 2 aromatic carbocycles. The molecule has 4 rings (SSSR count). The summed E-state index contributed by atoms with van der Waals surface area (Å²) in [6.07, 6.45) is 4.04. The Morgan fingerprint density at radius 2 is 1.59 bits per heavy atom. The number of amides is 1. The molecule has 1 atom stereocenters. The highest BCUT2D eigenvalue weighted by Gasteiger charge is 2.32. The van der Waals surface area contributed by atoms with Crippen LogP contribution in [0.2, 0.25) is 0 Å². The first-order chi connectivity index (χ1) is 15.6. The molecule has 2 aliphatic heterocycles. The van der Waals surface area contributed by atoms with E-state index in [1.807, 2.05) is 41.3 Å². The highest BCUT2D eigenvalue weighted by atomic mass is 19.1. The van der Waals surface area contributed by atoms with Gasteiger partial charge in [-0.3, -0.25) is 14.6 Å². The van der Waals surface area contributed by atoms with Crippen LogP contribution in [0.3, 0.4) is 0 Å². The molecule has 1 amide bonds. The highest BCUT2D eigenvalue weighted by Crippen LogP contribution is 2.22. The first-order valence-corrected chi connectivity index (χ1v) is 11.6. The normalized spacial score (nSPS) is 20.5. The summed E-state index contributed by atoms with van der Waals surface area (Å²) >= 11 is 0. The third-order valence-corrected chi connectivity index (χ3v) is 6.59. The predicted molar refractivity (Wildman–Crippen MR) is 122 cm³/mol. The molecule has 0 radical (unpaired) electrons. The van der Waals surface area contributed by atoms with Crippen molar-refractivity contribution >= 4 is 5.91 Å². The molecule has 1 unspecified atom stereocenters. The van der Waals surface area contributed by atoms with Gasteiger partial charge in [-0.05, 0) is 61.2 Å². The average Bonchev–Trinajstić information content (AvgIpc) is 3.06. The number of carbonyl (C=O) groups excluding carboxylic acids is 1. The lowest BCUT2D eigenvalue weighted by Gasteiger charge is -2.37. The summed E-state index contributed by atoms with van der Waals surface area (Å²) in [5.41, 5.74) is 2.93. The molecule has 0 bridgehead atoms. The van der Waals surface area contributed by atoms with E-state index in [1.165, 1.54) is 17.7 Å². The maximum atomic E-state index is 13.5. The molecule has 2 aliphatic rings. The van der Waals surface area contributed by atoms with Crippen molar-refractivity contribution in [3.8, 4) is 6.07 Å². The van der Waals surface area contributed by atoms with Gasteiger partial charge in [0.1, 0.15) is 5.82 Å². The summed E-state index contributed by atoms with van der Waals surface area (Å²) in [5.74, 6) is 0.0159. The molecular weight excluding hydrogens is 403 g/mol. The number of hydrogen-bond acceptors (Lipinski definition) is 4. The second-order valence-electron chi connectivity index (χ2n) is 8.87. The maximum absolute atomic E-state index is 13.5. The van der Waals surface area contributed by atoms with Gasteiger partial charge < -0.3 is 4.90 Å². The van der Waals surface area contributed by atoms with Gasteiger partial charge in [-0.15, -0.1) is 0 Å². The number of rotatable bonds is 5. The number of halogens is 1. The van der Waals surface area contributed by atoms with Crippen LogP contribution >= 0.6 is 0 Å². The first kappa shape index (κ1) is 22.4. The second kappa shape index (κ2) is 10.7. The molecule has 0 aromatic heterocycles. The average molecular weight is 435 g/mol. The van der Waals surface area contributed by atoms with E-state index in [9.17, 15) is 9.18 Å². The summed E-state index contributed by atoms with van der Waals surface area (Å²) in [6, 6.07) is 16.5. The number of hydrogen-bond donors (Lipinski definition) is 0. The van der Waals surface area contributed by atoms with E-state index in [0.717, 1.165) is 70.5 Å². The fourth-order valence-corrected chi connectivity index (χ4v) is 4.79. The van der Waals surface area contributed by atoms with Gasteiger partial charge in [0.15, 0.2) is 0 Å². The third kappa shape index (κ3) is 5.73. The van der Waals surface area contributed by atoms with Crippen LogP contribution in [0.25, 0.3) is 0 Å². The third-order valence-electron chi connectivity index (χ3n) is 6.59. The maximum Gasteiger partial charge on any atom is 0.239 e. The van der Waals surface area contributed by atoms with Gasteiger partial charge in [0.2, 0.25) is 5.91 Å². The van der Waals surface area contributed by atoms with E-state index in [2.05, 4.69) is 15.9 Å². The Bertz CT molecular complexity index is 938. The minimum Gasteiger partial charge on any atom is -0.340 e. The molecule has 0 spiro atoms. The van der Waals surface area contributed by atoms with Crippen molar-refractivity contribution in [1.82, 2.24) is 14.7 Å². The van der Waals surface area contributed by atoms with Crippen LogP contribution in [0.1, 0.15) is 42.4 Å². The van der Waals surface area contributed by atoms with Crippen LogP contribution in [-0.4, -0.2) is 59.4 Å². The summed E-state index contributed by atoms with van der Waals surface area (Å²) in [7, 11) is 0. The molecule has 2 fully saturated rings. The molecule has 2 heterocycles.